The Balaban J connectivity index is 1.78. The SMILES string of the molecule is FC(F)(F)Cn1c(SCc2ccc(OC(F)(F)F)cc2)nnc1-c1ccncc1. The lowest BCUT2D eigenvalue weighted by Crippen LogP contribution is -2.19. The molecule has 0 unspecified atom stereocenters. The largest absolute Gasteiger partial charge is 0.573 e. The minimum atomic E-state index is -4.80. The van der Waals surface area contributed by atoms with Crippen LogP contribution in [0.5, 0.6) is 5.75 Å². The molecule has 0 bridgehead atoms. The third-order valence-electron chi connectivity index (χ3n) is 3.52. The lowest BCUT2D eigenvalue weighted by atomic mass is 10.2. The molecular weight excluding hydrogens is 422 g/mol. The van der Waals surface area contributed by atoms with Gasteiger partial charge in [-0.05, 0) is 29.8 Å². The third-order valence-corrected chi connectivity index (χ3v) is 4.56. The lowest BCUT2D eigenvalue weighted by Gasteiger charge is -2.13. The maximum absolute atomic E-state index is 13.0. The number of thioether (sulfide) groups is 1. The van der Waals surface area contributed by atoms with Crippen LogP contribution in [0.4, 0.5) is 26.3 Å². The van der Waals surface area contributed by atoms with Gasteiger partial charge in [-0.1, -0.05) is 23.9 Å². The summed E-state index contributed by atoms with van der Waals surface area (Å²) in [7, 11) is 0. The fourth-order valence-electron chi connectivity index (χ4n) is 2.37. The molecule has 2 heterocycles. The van der Waals surface area contributed by atoms with E-state index < -0.39 is 19.1 Å². The van der Waals surface area contributed by atoms with E-state index >= 15 is 0 Å². The Kier molecular flexibility index (Phi) is 6.01. The van der Waals surface area contributed by atoms with E-state index in [2.05, 4.69) is 19.9 Å². The Labute approximate surface area is 164 Å². The number of nitrogens with zero attached hydrogens (tertiary/aromatic N) is 4. The highest BCUT2D eigenvalue weighted by Gasteiger charge is 2.32. The van der Waals surface area contributed by atoms with Crippen molar-refractivity contribution in [2.75, 3.05) is 0 Å². The highest BCUT2D eigenvalue weighted by Crippen LogP contribution is 2.30. The number of aromatic nitrogens is 4. The number of hydrogen-bond donors (Lipinski definition) is 0. The van der Waals surface area contributed by atoms with Gasteiger partial charge in [0.1, 0.15) is 12.3 Å². The summed E-state index contributed by atoms with van der Waals surface area (Å²) in [6.45, 7) is -1.28. The van der Waals surface area contributed by atoms with Crippen molar-refractivity contribution in [3.05, 3.63) is 54.4 Å². The van der Waals surface area contributed by atoms with Crippen LogP contribution in [-0.4, -0.2) is 32.3 Å². The molecule has 0 aliphatic heterocycles. The first-order valence-electron chi connectivity index (χ1n) is 7.98. The molecule has 0 aliphatic rings. The topological polar surface area (TPSA) is 52.8 Å². The van der Waals surface area contributed by atoms with Crippen LogP contribution in [0, 0.1) is 0 Å². The van der Waals surface area contributed by atoms with E-state index in [1.165, 1.54) is 36.7 Å². The molecule has 0 N–H and O–H groups in total. The van der Waals surface area contributed by atoms with Crippen molar-refractivity contribution in [2.45, 2.75) is 30.0 Å². The van der Waals surface area contributed by atoms with Gasteiger partial charge in [-0.25, -0.2) is 0 Å². The number of pyridine rings is 1. The molecule has 154 valence electrons. The van der Waals surface area contributed by atoms with E-state index in [0.29, 0.717) is 11.1 Å². The Morgan fingerprint density at radius 2 is 1.55 bits per heavy atom. The van der Waals surface area contributed by atoms with E-state index in [-0.39, 0.29) is 22.5 Å². The van der Waals surface area contributed by atoms with Crippen molar-refractivity contribution in [2.24, 2.45) is 0 Å². The number of ether oxygens (including phenoxy) is 1. The molecule has 0 saturated heterocycles. The summed E-state index contributed by atoms with van der Waals surface area (Å²) in [5.41, 5.74) is 1.01. The van der Waals surface area contributed by atoms with Gasteiger partial charge in [0, 0.05) is 23.7 Å². The average molecular weight is 434 g/mol. The molecule has 0 amide bonds. The molecule has 3 rings (SSSR count). The molecule has 0 fully saturated rings. The third kappa shape index (κ3) is 6.11. The van der Waals surface area contributed by atoms with Gasteiger partial charge in [0.25, 0.3) is 0 Å². The van der Waals surface area contributed by atoms with Crippen molar-refractivity contribution in [3.8, 4) is 17.1 Å². The molecule has 29 heavy (non-hydrogen) atoms. The fourth-order valence-corrected chi connectivity index (χ4v) is 3.26. The molecule has 12 heteroatoms. The van der Waals surface area contributed by atoms with Gasteiger partial charge in [0.05, 0.1) is 0 Å². The molecule has 0 saturated carbocycles. The molecular formula is C17H12F6N4OS. The van der Waals surface area contributed by atoms with Crippen LogP contribution >= 0.6 is 11.8 Å². The van der Waals surface area contributed by atoms with E-state index in [9.17, 15) is 26.3 Å². The van der Waals surface area contributed by atoms with Crippen molar-refractivity contribution in [3.63, 3.8) is 0 Å². The second-order valence-electron chi connectivity index (χ2n) is 5.72. The number of alkyl halides is 6. The Bertz CT molecular complexity index is 941. The number of hydrogen-bond acceptors (Lipinski definition) is 5. The number of rotatable bonds is 6. The van der Waals surface area contributed by atoms with Gasteiger partial charge >= 0.3 is 12.5 Å². The smallest absolute Gasteiger partial charge is 0.406 e. The summed E-state index contributed by atoms with van der Waals surface area (Å²) in [5, 5.41) is 7.73. The average Bonchev–Trinajstić information content (AvgIpc) is 3.01. The Hall–Kier alpha value is -2.76. The van der Waals surface area contributed by atoms with Crippen molar-refractivity contribution in [1.29, 1.82) is 0 Å². The van der Waals surface area contributed by atoms with Crippen LogP contribution in [0.2, 0.25) is 0 Å². The summed E-state index contributed by atoms with van der Waals surface area (Å²) in [6, 6.07) is 8.08. The second-order valence-corrected chi connectivity index (χ2v) is 6.67. The van der Waals surface area contributed by atoms with Crippen LogP contribution in [0.25, 0.3) is 11.4 Å². The monoisotopic (exact) mass is 434 g/mol. The van der Waals surface area contributed by atoms with E-state index in [4.69, 9.17) is 0 Å². The van der Waals surface area contributed by atoms with Crippen LogP contribution in [-0.2, 0) is 12.3 Å². The summed E-state index contributed by atoms with van der Waals surface area (Å²) in [5.74, 6) is -0.161. The first-order valence-corrected chi connectivity index (χ1v) is 8.97. The van der Waals surface area contributed by atoms with Crippen LogP contribution in [0.3, 0.4) is 0 Å². The quantitative estimate of drug-likeness (QED) is 0.400. The first-order chi connectivity index (χ1) is 13.6. The van der Waals surface area contributed by atoms with E-state index in [1.807, 2.05) is 0 Å². The number of halogens is 6. The summed E-state index contributed by atoms with van der Waals surface area (Å²) < 4.78 is 80.4. The zero-order valence-corrected chi connectivity index (χ0v) is 15.2. The number of benzene rings is 1. The second kappa shape index (κ2) is 8.31. The maximum Gasteiger partial charge on any atom is 0.573 e. The van der Waals surface area contributed by atoms with Crippen molar-refractivity contribution in [1.82, 2.24) is 19.7 Å². The van der Waals surface area contributed by atoms with Gasteiger partial charge < -0.3 is 4.74 Å². The highest BCUT2D eigenvalue weighted by molar-refractivity contribution is 7.98. The van der Waals surface area contributed by atoms with Crippen LogP contribution < -0.4 is 4.74 Å². The van der Waals surface area contributed by atoms with E-state index in [1.54, 1.807) is 0 Å². The summed E-state index contributed by atoms with van der Waals surface area (Å²) >= 11 is 0.986. The molecule has 3 aromatic rings. The molecule has 0 spiro atoms. The molecule has 2 aromatic heterocycles. The molecule has 0 radical (unpaired) electrons. The summed E-state index contributed by atoms with van der Waals surface area (Å²) in [4.78, 5) is 3.82. The van der Waals surface area contributed by atoms with Gasteiger partial charge in [0.15, 0.2) is 11.0 Å². The van der Waals surface area contributed by atoms with Gasteiger partial charge in [-0.15, -0.1) is 23.4 Å². The van der Waals surface area contributed by atoms with E-state index in [0.717, 1.165) is 28.5 Å². The molecule has 5 nitrogen and oxygen atoms in total. The normalized spacial score (nSPS) is 12.2. The first kappa shape index (κ1) is 21.0. The fraction of sp³-hybridized carbons (Fsp3) is 0.235. The van der Waals surface area contributed by atoms with Crippen molar-refractivity contribution >= 4 is 11.8 Å². The zero-order valence-electron chi connectivity index (χ0n) is 14.4. The van der Waals surface area contributed by atoms with Crippen LogP contribution in [0.1, 0.15) is 5.56 Å². The van der Waals surface area contributed by atoms with Crippen molar-refractivity contribution < 1.29 is 31.1 Å². The zero-order chi connectivity index (χ0) is 21.1. The maximum atomic E-state index is 13.0. The molecule has 0 aliphatic carbocycles. The Morgan fingerprint density at radius 1 is 0.897 bits per heavy atom. The summed E-state index contributed by atoms with van der Waals surface area (Å²) in [6.07, 6.45) is -6.43. The minimum Gasteiger partial charge on any atom is -0.406 e. The highest BCUT2D eigenvalue weighted by atomic mass is 32.2. The molecule has 0 atom stereocenters. The predicted molar refractivity (Wildman–Crippen MR) is 92.0 cm³/mol. The Morgan fingerprint density at radius 3 is 2.14 bits per heavy atom. The van der Waals surface area contributed by atoms with Gasteiger partial charge in [-0.3, -0.25) is 9.55 Å². The molecule has 1 aromatic carbocycles. The van der Waals surface area contributed by atoms with Crippen LogP contribution in [0.15, 0.2) is 53.9 Å². The standard InChI is InChI=1S/C17H12F6N4OS/c18-16(19,20)10-27-14(12-5-7-24-8-6-12)25-26-15(27)29-9-11-1-3-13(4-2-11)28-17(21,22)23/h1-8H,9-10H2. The minimum absolute atomic E-state index is 0.0322. The lowest BCUT2D eigenvalue weighted by molar-refractivity contribution is -0.274. The van der Waals surface area contributed by atoms with Gasteiger partial charge in [0.2, 0.25) is 0 Å². The van der Waals surface area contributed by atoms with Gasteiger partial charge in [-0.2, -0.15) is 13.2 Å². The predicted octanol–water partition coefficient (Wildman–Crippen LogP) is 5.09.